The zero-order chi connectivity index (χ0) is 13.1. The van der Waals surface area contributed by atoms with Crippen LogP contribution in [0.1, 0.15) is 19.0 Å². The molecule has 0 spiro atoms. The van der Waals surface area contributed by atoms with E-state index < -0.39 is 0 Å². The number of nitrogens with zero attached hydrogens (tertiary/aromatic N) is 2. The van der Waals surface area contributed by atoms with Gasteiger partial charge in [-0.15, -0.1) is 0 Å². The predicted octanol–water partition coefficient (Wildman–Crippen LogP) is 4.68. The van der Waals surface area contributed by atoms with Gasteiger partial charge in [-0.1, -0.05) is 25.6 Å². The predicted molar refractivity (Wildman–Crippen MR) is 82.0 cm³/mol. The lowest BCUT2D eigenvalue weighted by Gasteiger charge is -2.07. The maximum Gasteiger partial charge on any atom is 0.157 e. The molecule has 0 atom stereocenters. The fourth-order valence-corrected chi connectivity index (χ4v) is 2.40. The Labute approximate surface area is 127 Å². The van der Waals surface area contributed by atoms with Crippen LogP contribution < -0.4 is 0 Å². The highest BCUT2D eigenvalue weighted by Crippen LogP contribution is 2.21. The van der Waals surface area contributed by atoms with Crippen molar-refractivity contribution in [3.63, 3.8) is 0 Å². The smallest absolute Gasteiger partial charge is 0.157 e. The van der Waals surface area contributed by atoms with Crippen LogP contribution in [0.5, 0.6) is 0 Å². The molecule has 0 saturated heterocycles. The Morgan fingerprint density at radius 3 is 2.72 bits per heavy atom. The maximum atomic E-state index is 5.25. The first kappa shape index (κ1) is 13.8. The topological polar surface area (TPSA) is 41.6 Å². The molecule has 0 aromatic carbocycles. The molecule has 2 aromatic rings. The summed E-state index contributed by atoms with van der Waals surface area (Å²) in [5.41, 5.74) is 1.85. The number of hydrogen-bond donors (Lipinski definition) is 1. The quantitative estimate of drug-likeness (QED) is 0.776. The Morgan fingerprint density at radius 1 is 1.33 bits per heavy atom. The molecule has 0 aliphatic rings. The van der Waals surface area contributed by atoms with Gasteiger partial charge in [0.25, 0.3) is 0 Å². The van der Waals surface area contributed by atoms with E-state index in [2.05, 4.69) is 53.7 Å². The van der Waals surface area contributed by atoms with Crippen molar-refractivity contribution in [2.45, 2.75) is 19.8 Å². The van der Waals surface area contributed by atoms with Gasteiger partial charge < -0.3 is 4.98 Å². The summed E-state index contributed by atoms with van der Waals surface area (Å²) in [6, 6.07) is 3.84. The molecule has 94 valence electrons. The summed E-state index contributed by atoms with van der Waals surface area (Å²) in [5.74, 6) is 0.708. The second-order valence-corrected chi connectivity index (χ2v) is 5.89. The Balaban J connectivity index is 2.51. The van der Waals surface area contributed by atoms with Crippen LogP contribution in [-0.4, -0.2) is 15.0 Å². The van der Waals surface area contributed by atoms with E-state index in [-0.39, 0.29) is 0 Å². The number of H-pyrrole nitrogens is 1. The summed E-state index contributed by atoms with van der Waals surface area (Å²) < 4.78 is 2.38. The van der Waals surface area contributed by atoms with Crippen molar-refractivity contribution < 1.29 is 0 Å². The van der Waals surface area contributed by atoms with E-state index in [1.807, 2.05) is 12.1 Å². The van der Waals surface area contributed by atoms with Gasteiger partial charge in [-0.3, -0.25) is 4.98 Å². The molecular weight excluding hydrogens is 378 g/mol. The van der Waals surface area contributed by atoms with Crippen LogP contribution in [0.4, 0.5) is 0 Å². The molecule has 0 saturated carbocycles. The van der Waals surface area contributed by atoms with Gasteiger partial charge in [-0.2, -0.15) is 0 Å². The standard InChI is InChI=1S/C12H11Br2N3S/c1-2-3-8-10(14)12(18)17-11(16-8)9-5-4-7(13)6-15-9/h4-6H,2-3H2,1H3,(H,16,17,18). The number of aryl methyl sites for hydroxylation is 1. The van der Waals surface area contributed by atoms with Crippen molar-refractivity contribution in [1.29, 1.82) is 0 Å². The van der Waals surface area contributed by atoms with Crippen molar-refractivity contribution in [2.75, 3.05) is 0 Å². The second-order valence-electron chi connectivity index (χ2n) is 3.79. The van der Waals surface area contributed by atoms with E-state index in [0.29, 0.717) is 10.5 Å². The molecule has 0 radical (unpaired) electrons. The normalized spacial score (nSPS) is 10.6. The van der Waals surface area contributed by atoms with Crippen LogP contribution in [0, 0.1) is 4.64 Å². The number of hydrogen-bond acceptors (Lipinski definition) is 3. The fraction of sp³-hybridized carbons (Fsp3) is 0.250. The third-order valence-corrected chi connectivity index (χ3v) is 4.29. The number of halogens is 2. The number of pyridine rings is 1. The minimum Gasteiger partial charge on any atom is -0.341 e. The van der Waals surface area contributed by atoms with E-state index in [0.717, 1.165) is 33.2 Å². The monoisotopic (exact) mass is 387 g/mol. The zero-order valence-corrected chi connectivity index (χ0v) is 13.7. The largest absolute Gasteiger partial charge is 0.341 e. The van der Waals surface area contributed by atoms with Gasteiger partial charge in [0.2, 0.25) is 0 Å². The Morgan fingerprint density at radius 2 is 2.11 bits per heavy atom. The zero-order valence-electron chi connectivity index (χ0n) is 9.70. The van der Waals surface area contributed by atoms with Gasteiger partial charge in [0.15, 0.2) is 5.82 Å². The fourth-order valence-electron chi connectivity index (χ4n) is 1.56. The first-order valence-electron chi connectivity index (χ1n) is 5.52. The molecule has 0 unspecified atom stereocenters. The van der Waals surface area contributed by atoms with Crippen molar-refractivity contribution in [1.82, 2.24) is 15.0 Å². The SMILES string of the molecule is CCCc1[nH]c(-c2ccc(Br)cn2)nc(=S)c1Br. The lowest BCUT2D eigenvalue weighted by atomic mass is 10.2. The van der Waals surface area contributed by atoms with Crippen LogP contribution >= 0.6 is 44.1 Å². The summed E-state index contributed by atoms with van der Waals surface area (Å²) in [4.78, 5) is 12.0. The first-order valence-corrected chi connectivity index (χ1v) is 7.52. The maximum absolute atomic E-state index is 5.25. The molecular formula is C12H11Br2N3S. The average molecular weight is 389 g/mol. The number of nitrogens with one attached hydrogen (secondary N) is 1. The van der Waals surface area contributed by atoms with E-state index >= 15 is 0 Å². The average Bonchev–Trinajstić information content (AvgIpc) is 2.36. The van der Waals surface area contributed by atoms with Crippen molar-refractivity contribution in [3.8, 4) is 11.5 Å². The molecule has 1 N–H and O–H groups in total. The van der Waals surface area contributed by atoms with Crippen LogP contribution in [0.15, 0.2) is 27.3 Å². The highest BCUT2D eigenvalue weighted by atomic mass is 79.9. The molecule has 6 heteroatoms. The van der Waals surface area contributed by atoms with Gasteiger partial charge in [-0.25, -0.2) is 4.98 Å². The molecule has 0 fully saturated rings. The molecule has 2 heterocycles. The van der Waals surface area contributed by atoms with E-state index in [1.54, 1.807) is 6.20 Å². The van der Waals surface area contributed by atoms with Gasteiger partial charge in [0, 0.05) is 16.4 Å². The van der Waals surface area contributed by atoms with Gasteiger partial charge >= 0.3 is 0 Å². The Bertz CT molecular complexity index is 608. The Hall–Kier alpha value is -0.590. The minimum absolute atomic E-state index is 0.567. The van der Waals surface area contributed by atoms with Crippen molar-refractivity contribution in [2.24, 2.45) is 0 Å². The van der Waals surface area contributed by atoms with Crippen LogP contribution in [0.25, 0.3) is 11.5 Å². The summed E-state index contributed by atoms with van der Waals surface area (Å²) >= 11 is 12.1. The van der Waals surface area contributed by atoms with E-state index in [9.17, 15) is 0 Å². The summed E-state index contributed by atoms with van der Waals surface area (Å²) in [6.07, 6.45) is 3.72. The van der Waals surface area contributed by atoms with Gasteiger partial charge in [-0.05, 0) is 50.4 Å². The van der Waals surface area contributed by atoms with Crippen LogP contribution in [0.3, 0.4) is 0 Å². The highest BCUT2D eigenvalue weighted by Gasteiger charge is 2.08. The van der Waals surface area contributed by atoms with Gasteiger partial charge in [0.1, 0.15) is 10.3 Å². The number of aromatic nitrogens is 3. The van der Waals surface area contributed by atoms with E-state index in [1.165, 1.54) is 0 Å². The van der Waals surface area contributed by atoms with Crippen molar-refractivity contribution in [3.05, 3.63) is 37.6 Å². The highest BCUT2D eigenvalue weighted by molar-refractivity contribution is 9.10. The summed E-state index contributed by atoms with van der Waals surface area (Å²) in [7, 11) is 0. The third-order valence-electron chi connectivity index (χ3n) is 2.41. The lowest BCUT2D eigenvalue weighted by Crippen LogP contribution is -1.99. The molecule has 2 rings (SSSR count). The molecule has 0 aliphatic carbocycles. The lowest BCUT2D eigenvalue weighted by molar-refractivity contribution is 0.864. The van der Waals surface area contributed by atoms with E-state index in [4.69, 9.17) is 12.2 Å². The molecule has 0 aliphatic heterocycles. The van der Waals surface area contributed by atoms with Crippen LogP contribution in [-0.2, 0) is 6.42 Å². The summed E-state index contributed by atoms with van der Waals surface area (Å²) in [6.45, 7) is 2.13. The Kier molecular flexibility index (Phi) is 4.64. The van der Waals surface area contributed by atoms with Crippen LogP contribution in [0.2, 0.25) is 0 Å². The molecule has 0 bridgehead atoms. The second kappa shape index (κ2) is 6.04. The minimum atomic E-state index is 0.567. The molecule has 18 heavy (non-hydrogen) atoms. The number of rotatable bonds is 3. The first-order chi connectivity index (χ1) is 8.61. The van der Waals surface area contributed by atoms with Gasteiger partial charge in [0.05, 0.1) is 4.47 Å². The van der Waals surface area contributed by atoms with Crippen molar-refractivity contribution >= 4 is 44.1 Å². The third kappa shape index (κ3) is 3.05. The molecule has 2 aromatic heterocycles. The summed E-state index contributed by atoms with van der Waals surface area (Å²) in [5, 5.41) is 0. The molecule has 0 amide bonds. The number of aromatic amines is 1. The molecule has 3 nitrogen and oxygen atoms in total.